The molecule has 0 heterocycles. The molecule has 7 heteroatoms. The predicted octanol–water partition coefficient (Wildman–Crippen LogP) is 4.87. The molecule has 0 unspecified atom stereocenters. The van der Waals surface area contributed by atoms with Crippen molar-refractivity contribution >= 4 is 39.4 Å². The standard InChI is InChI=1S/C26H21BrO6/c1-32-25(30)19-7-5-16(6-8-19)3-4-17-13-21(15-22(27)14-17)24(29)23(28)18-9-11-20(12-10-18)26(31)33-2/h5-15H,3-4H2,1-2H3. The molecule has 168 valence electrons. The highest BCUT2D eigenvalue weighted by molar-refractivity contribution is 9.10. The molecule has 0 aliphatic carbocycles. The second kappa shape index (κ2) is 10.8. The van der Waals surface area contributed by atoms with Crippen LogP contribution in [0.4, 0.5) is 0 Å². The average Bonchev–Trinajstić information content (AvgIpc) is 2.85. The van der Waals surface area contributed by atoms with Crippen molar-refractivity contribution in [2.75, 3.05) is 14.2 Å². The Morgan fingerprint density at radius 1 is 0.606 bits per heavy atom. The van der Waals surface area contributed by atoms with Gasteiger partial charge < -0.3 is 9.47 Å². The topological polar surface area (TPSA) is 86.7 Å². The van der Waals surface area contributed by atoms with Crippen molar-refractivity contribution in [1.29, 1.82) is 0 Å². The maximum atomic E-state index is 12.8. The van der Waals surface area contributed by atoms with E-state index < -0.39 is 17.5 Å². The normalized spacial score (nSPS) is 10.4. The fourth-order valence-corrected chi connectivity index (χ4v) is 3.82. The zero-order valence-electron chi connectivity index (χ0n) is 18.1. The minimum Gasteiger partial charge on any atom is -0.465 e. The van der Waals surface area contributed by atoms with Crippen molar-refractivity contribution in [3.63, 3.8) is 0 Å². The molecule has 0 aliphatic rings. The fraction of sp³-hybridized carbons (Fsp3) is 0.154. The highest BCUT2D eigenvalue weighted by Crippen LogP contribution is 2.20. The van der Waals surface area contributed by atoms with E-state index in [-0.39, 0.29) is 17.1 Å². The van der Waals surface area contributed by atoms with E-state index in [9.17, 15) is 19.2 Å². The van der Waals surface area contributed by atoms with Crippen molar-refractivity contribution in [3.05, 3.63) is 105 Å². The van der Waals surface area contributed by atoms with Gasteiger partial charge in [0.05, 0.1) is 25.3 Å². The Hall–Kier alpha value is -3.58. The molecular weight excluding hydrogens is 488 g/mol. The van der Waals surface area contributed by atoms with Crippen LogP contribution in [0.5, 0.6) is 0 Å². The van der Waals surface area contributed by atoms with Gasteiger partial charge in [0.1, 0.15) is 0 Å². The summed E-state index contributed by atoms with van der Waals surface area (Å²) in [4.78, 5) is 48.6. The quantitative estimate of drug-likeness (QED) is 0.245. The number of Topliss-reactive ketones (excluding diaryl/α,β-unsaturated/α-hetero) is 2. The molecule has 0 fully saturated rings. The Morgan fingerprint density at radius 2 is 1.06 bits per heavy atom. The summed E-state index contributed by atoms with van der Waals surface area (Å²) in [5, 5.41) is 0. The molecule has 3 aromatic rings. The van der Waals surface area contributed by atoms with Crippen LogP contribution in [0.1, 0.15) is 52.6 Å². The molecule has 0 spiro atoms. The number of ketones is 2. The summed E-state index contributed by atoms with van der Waals surface area (Å²) in [6.07, 6.45) is 1.33. The molecule has 0 atom stereocenters. The number of benzene rings is 3. The van der Waals surface area contributed by atoms with E-state index in [2.05, 4.69) is 20.7 Å². The van der Waals surface area contributed by atoms with E-state index in [4.69, 9.17) is 4.74 Å². The molecule has 0 saturated carbocycles. The molecule has 3 rings (SSSR count). The van der Waals surface area contributed by atoms with Crippen molar-refractivity contribution in [2.24, 2.45) is 0 Å². The van der Waals surface area contributed by atoms with E-state index in [1.165, 1.54) is 38.5 Å². The third kappa shape index (κ3) is 6.02. The molecule has 0 aromatic heterocycles. The lowest BCUT2D eigenvalue weighted by Gasteiger charge is -2.08. The Balaban J connectivity index is 1.72. The number of methoxy groups -OCH3 is 2. The van der Waals surface area contributed by atoms with Crippen LogP contribution >= 0.6 is 15.9 Å². The minimum atomic E-state index is -0.658. The second-order valence-electron chi connectivity index (χ2n) is 7.26. The van der Waals surface area contributed by atoms with E-state index in [1.807, 2.05) is 18.2 Å². The molecule has 0 saturated heterocycles. The summed E-state index contributed by atoms with van der Waals surface area (Å²) < 4.78 is 10.0. The minimum absolute atomic E-state index is 0.194. The summed E-state index contributed by atoms with van der Waals surface area (Å²) >= 11 is 3.41. The largest absolute Gasteiger partial charge is 0.465 e. The molecule has 3 aromatic carbocycles. The second-order valence-corrected chi connectivity index (χ2v) is 8.18. The number of aryl methyl sites for hydroxylation is 2. The Morgan fingerprint density at radius 3 is 1.61 bits per heavy atom. The van der Waals surface area contributed by atoms with Gasteiger partial charge >= 0.3 is 11.9 Å². The van der Waals surface area contributed by atoms with Gasteiger partial charge in [-0.15, -0.1) is 0 Å². The molecular formula is C26H21BrO6. The number of esters is 2. The van der Waals surface area contributed by atoms with Crippen molar-refractivity contribution < 1.29 is 28.7 Å². The van der Waals surface area contributed by atoms with Gasteiger partial charge in [-0.05, 0) is 66.4 Å². The maximum absolute atomic E-state index is 12.8. The number of rotatable bonds is 8. The summed E-state index contributed by atoms with van der Waals surface area (Å²) in [6.45, 7) is 0. The number of hydrogen-bond acceptors (Lipinski definition) is 6. The third-order valence-electron chi connectivity index (χ3n) is 5.07. The lowest BCUT2D eigenvalue weighted by Crippen LogP contribution is -2.15. The van der Waals surface area contributed by atoms with Gasteiger partial charge in [0.25, 0.3) is 0 Å². The number of hydrogen-bond donors (Lipinski definition) is 0. The van der Waals surface area contributed by atoms with E-state index in [0.29, 0.717) is 28.4 Å². The maximum Gasteiger partial charge on any atom is 0.337 e. The summed E-state index contributed by atoms with van der Waals surface area (Å²) in [6, 6.07) is 18.1. The van der Waals surface area contributed by atoms with E-state index >= 15 is 0 Å². The van der Waals surface area contributed by atoms with Crippen LogP contribution in [0.15, 0.2) is 71.2 Å². The smallest absolute Gasteiger partial charge is 0.337 e. The van der Waals surface area contributed by atoms with Crippen LogP contribution in [0.25, 0.3) is 0 Å². The Bertz CT molecular complexity index is 1200. The molecule has 6 nitrogen and oxygen atoms in total. The predicted molar refractivity (Wildman–Crippen MR) is 126 cm³/mol. The van der Waals surface area contributed by atoms with Crippen LogP contribution in [-0.2, 0) is 22.3 Å². The van der Waals surface area contributed by atoms with Gasteiger partial charge in [0.2, 0.25) is 11.6 Å². The summed E-state index contributed by atoms with van der Waals surface area (Å²) in [5.41, 5.74) is 3.17. The van der Waals surface area contributed by atoms with Crippen LogP contribution < -0.4 is 0 Å². The average molecular weight is 509 g/mol. The van der Waals surface area contributed by atoms with Gasteiger partial charge in [-0.1, -0.05) is 40.2 Å². The van der Waals surface area contributed by atoms with Crippen LogP contribution in [0.2, 0.25) is 0 Å². The number of carbonyl (C=O) groups is 4. The first-order valence-corrected chi connectivity index (χ1v) is 10.9. The molecule has 0 aliphatic heterocycles. The van der Waals surface area contributed by atoms with Crippen LogP contribution in [-0.4, -0.2) is 37.7 Å². The lowest BCUT2D eigenvalue weighted by atomic mass is 9.97. The van der Waals surface area contributed by atoms with Crippen molar-refractivity contribution in [2.45, 2.75) is 12.8 Å². The molecule has 0 N–H and O–H groups in total. The first-order chi connectivity index (χ1) is 15.8. The summed E-state index contributed by atoms with van der Waals surface area (Å²) in [7, 11) is 2.61. The molecule has 33 heavy (non-hydrogen) atoms. The zero-order valence-corrected chi connectivity index (χ0v) is 19.7. The molecule has 0 amide bonds. The van der Waals surface area contributed by atoms with Gasteiger partial charge in [-0.2, -0.15) is 0 Å². The molecule has 0 bridgehead atoms. The van der Waals surface area contributed by atoms with E-state index in [0.717, 1.165) is 11.1 Å². The highest BCUT2D eigenvalue weighted by atomic mass is 79.9. The lowest BCUT2D eigenvalue weighted by molar-refractivity contribution is 0.0592. The zero-order chi connectivity index (χ0) is 24.0. The van der Waals surface area contributed by atoms with Crippen molar-refractivity contribution in [3.8, 4) is 0 Å². The number of ether oxygens (including phenoxy) is 2. The number of carbonyl (C=O) groups excluding carboxylic acids is 4. The monoisotopic (exact) mass is 508 g/mol. The fourth-order valence-electron chi connectivity index (χ4n) is 3.28. The Labute approximate surface area is 199 Å². The van der Waals surface area contributed by atoms with Crippen molar-refractivity contribution in [1.82, 2.24) is 0 Å². The van der Waals surface area contributed by atoms with Gasteiger partial charge in [0.15, 0.2) is 0 Å². The summed E-state index contributed by atoms with van der Waals surface area (Å²) in [5.74, 6) is -2.20. The Kier molecular flexibility index (Phi) is 7.90. The van der Waals surface area contributed by atoms with Crippen LogP contribution in [0.3, 0.4) is 0 Å². The van der Waals surface area contributed by atoms with Crippen LogP contribution in [0, 0.1) is 0 Å². The van der Waals surface area contributed by atoms with Gasteiger partial charge in [0, 0.05) is 15.6 Å². The molecule has 0 radical (unpaired) electrons. The van der Waals surface area contributed by atoms with Gasteiger partial charge in [-0.3, -0.25) is 9.59 Å². The number of halogens is 1. The van der Waals surface area contributed by atoms with E-state index in [1.54, 1.807) is 24.3 Å². The van der Waals surface area contributed by atoms with Gasteiger partial charge in [-0.25, -0.2) is 9.59 Å². The third-order valence-corrected chi connectivity index (χ3v) is 5.53. The highest BCUT2D eigenvalue weighted by Gasteiger charge is 2.20. The first kappa shape index (κ1) is 24.1. The first-order valence-electron chi connectivity index (χ1n) is 10.1. The SMILES string of the molecule is COC(=O)c1ccc(CCc2cc(Br)cc(C(=O)C(=O)c3ccc(C(=O)OC)cc3)c2)cc1.